The molecule has 0 unspecified atom stereocenters. The number of halogens is 1. The van der Waals surface area contributed by atoms with E-state index in [4.69, 9.17) is 0 Å². The Kier molecular flexibility index (Phi) is 2.17. The van der Waals surface area contributed by atoms with Crippen LogP contribution in [0.25, 0.3) is 0 Å². The lowest BCUT2D eigenvalue weighted by atomic mass is 9.87. The number of amides is 1. The number of rotatable bonds is 0. The molecule has 2 aliphatic heterocycles. The van der Waals surface area contributed by atoms with Crippen LogP contribution in [0.15, 0.2) is 18.2 Å². The first-order valence-corrected chi connectivity index (χ1v) is 5.54. The van der Waals surface area contributed by atoms with Gasteiger partial charge in [-0.2, -0.15) is 0 Å². The van der Waals surface area contributed by atoms with Crippen LogP contribution >= 0.6 is 0 Å². The van der Waals surface area contributed by atoms with E-state index in [9.17, 15) is 9.18 Å². The van der Waals surface area contributed by atoms with Gasteiger partial charge in [-0.25, -0.2) is 4.39 Å². The average molecular weight is 220 g/mol. The van der Waals surface area contributed by atoms with Crippen molar-refractivity contribution in [2.24, 2.45) is 5.92 Å². The SMILES string of the molecule is O=C1NC[C@H]2CNC[C@@H]2c2cc(F)ccc21. The minimum atomic E-state index is -0.265. The molecule has 1 aromatic carbocycles. The first kappa shape index (κ1) is 9.78. The highest BCUT2D eigenvalue weighted by Crippen LogP contribution is 2.32. The molecule has 4 heteroatoms. The van der Waals surface area contributed by atoms with Gasteiger partial charge in [0.05, 0.1) is 0 Å². The highest BCUT2D eigenvalue weighted by atomic mass is 19.1. The summed E-state index contributed by atoms with van der Waals surface area (Å²) in [6, 6.07) is 4.44. The van der Waals surface area contributed by atoms with E-state index >= 15 is 0 Å². The van der Waals surface area contributed by atoms with Gasteiger partial charge in [-0.3, -0.25) is 4.79 Å². The van der Waals surface area contributed by atoms with Crippen LogP contribution in [0.5, 0.6) is 0 Å². The Bertz CT molecular complexity index is 447. The molecule has 1 saturated heterocycles. The second-order valence-electron chi connectivity index (χ2n) is 4.47. The van der Waals surface area contributed by atoms with Crippen molar-refractivity contribution in [1.29, 1.82) is 0 Å². The molecule has 2 atom stereocenters. The number of benzene rings is 1. The maximum Gasteiger partial charge on any atom is 0.251 e. The number of hydrogen-bond acceptors (Lipinski definition) is 2. The lowest BCUT2D eigenvalue weighted by molar-refractivity contribution is 0.0952. The normalized spacial score (nSPS) is 27.9. The van der Waals surface area contributed by atoms with Gasteiger partial charge in [0, 0.05) is 31.1 Å². The number of carbonyl (C=O) groups is 1. The monoisotopic (exact) mass is 220 g/mol. The van der Waals surface area contributed by atoms with Crippen molar-refractivity contribution < 1.29 is 9.18 Å². The summed E-state index contributed by atoms with van der Waals surface area (Å²) in [4.78, 5) is 11.8. The topological polar surface area (TPSA) is 41.1 Å². The van der Waals surface area contributed by atoms with Crippen LogP contribution in [0, 0.1) is 11.7 Å². The molecule has 2 aliphatic rings. The highest BCUT2D eigenvalue weighted by Gasteiger charge is 2.34. The highest BCUT2D eigenvalue weighted by molar-refractivity contribution is 5.96. The summed E-state index contributed by atoms with van der Waals surface area (Å²) in [7, 11) is 0. The molecule has 0 bridgehead atoms. The molecule has 0 aromatic heterocycles. The fourth-order valence-corrected chi connectivity index (χ4v) is 2.68. The van der Waals surface area contributed by atoms with Crippen LogP contribution in [0.4, 0.5) is 4.39 Å². The molecule has 3 rings (SSSR count). The molecule has 0 spiro atoms. The molecular weight excluding hydrogens is 207 g/mol. The van der Waals surface area contributed by atoms with Gasteiger partial charge >= 0.3 is 0 Å². The van der Waals surface area contributed by atoms with Gasteiger partial charge in [0.2, 0.25) is 0 Å². The Balaban J connectivity index is 2.13. The number of nitrogens with one attached hydrogen (secondary N) is 2. The second kappa shape index (κ2) is 3.56. The van der Waals surface area contributed by atoms with Crippen molar-refractivity contribution in [1.82, 2.24) is 10.6 Å². The van der Waals surface area contributed by atoms with Crippen LogP contribution in [-0.2, 0) is 0 Å². The molecule has 1 aromatic rings. The van der Waals surface area contributed by atoms with Crippen molar-refractivity contribution in [2.75, 3.05) is 19.6 Å². The first-order chi connectivity index (χ1) is 7.75. The molecule has 84 valence electrons. The van der Waals surface area contributed by atoms with Gasteiger partial charge in [-0.05, 0) is 29.7 Å². The van der Waals surface area contributed by atoms with Crippen molar-refractivity contribution in [3.05, 3.63) is 35.1 Å². The van der Waals surface area contributed by atoms with E-state index < -0.39 is 0 Å². The Morgan fingerprint density at radius 2 is 2.12 bits per heavy atom. The molecule has 0 aliphatic carbocycles. The third-order valence-corrected chi connectivity index (χ3v) is 3.52. The molecule has 1 amide bonds. The minimum Gasteiger partial charge on any atom is -0.352 e. The third-order valence-electron chi connectivity index (χ3n) is 3.52. The van der Waals surface area contributed by atoms with Crippen LogP contribution in [-0.4, -0.2) is 25.5 Å². The summed E-state index contributed by atoms with van der Waals surface area (Å²) in [5, 5.41) is 6.18. The van der Waals surface area contributed by atoms with E-state index in [0.717, 1.165) is 18.7 Å². The van der Waals surface area contributed by atoms with E-state index in [1.807, 2.05) is 0 Å². The molecule has 2 heterocycles. The fourth-order valence-electron chi connectivity index (χ4n) is 2.68. The van der Waals surface area contributed by atoms with Crippen LogP contribution in [0.3, 0.4) is 0 Å². The van der Waals surface area contributed by atoms with Gasteiger partial charge in [0.25, 0.3) is 5.91 Å². The van der Waals surface area contributed by atoms with Crippen molar-refractivity contribution >= 4 is 5.91 Å². The number of fused-ring (bicyclic) bond motifs is 3. The molecule has 0 saturated carbocycles. The Morgan fingerprint density at radius 3 is 3.00 bits per heavy atom. The van der Waals surface area contributed by atoms with E-state index in [0.29, 0.717) is 18.0 Å². The predicted molar refractivity (Wildman–Crippen MR) is 57.8 cm³/mol. The number of carbonyl (C=O) groups excluding carboxylic acids is 1. The van der Waals surface area contributed by atoms with Crippen molar-refractivity contribution in [3.63, 3.8) is 0 Å². The largest absolute Gasteiger partial charge is 0.352 e. The zero-order chi connectivity index (χ0) is 11.1. The molecule has 1 fully saturated rings. The smallest absolute Gasteiger partial charge is 0.251 e. The van der Waals surface area contributed by atoms with E-state index in [1.165, 1.54) is 12.1 Å². The molecule has 0 radical (unpaired) electrons. The predicted octanol–water partition coefficient (Wildman–Crippen LogP) is 0.872. The Hall–Kier alpha value is -1.42. The maximum absolute atomic E-state index is 13.3. The van der Waals surface area contributed by atoms with Crippen LogP contribution < -0.4 is 10.6 Å². The maximum atomic E-state index is 13.3. The Labute approximate surface area is 93.0 Å². The molecule has 3 nitrogen and oxygen atoms in total. The minimum absolute atomic E-state index is 0.0793. The summed E-state index contributed by atoms with van der Waals surface area (Å²) in [6.45, 7) is 2.39. The summed E-state index contributed by atoms with van der Waals surface area (Å²) >= 11 is 0. The van der Waals surface area contributed by atoms with Gasteiger partial charge in [0.15, 0.2) is 0 Å². The first-order valence-electron chi connectivity index (χ1n) is 5.54. The average Bonchev–Trinajstić information content (AvgIpc) is 2.69. The second-order valence-corrected chi connectivity index (χ2v) is 4.47. The lowest BCUT2D eigenvalue weighted by Crippen LogP contribution is -2.28. The van der Waals surface area contributed by atoms with Gasteiger partial charge in [0.1, 0.15) is 5.82 Å². The molecule has 16 heavy (non-hydrogen) atoms. The van der Waals surface area contributed by atoms with E-state index in [2.05, 4.69) is 10.6 Å². The van der Waals surface area contributed by atoms with Crippen LogP contribution in [0.1, 0.15) is 21.8 Å². The van der Waals surface area contributed by atoms with Crippen LogP contribution in [0.2, 0.25) is 0 Å². The summed E-state index contributed by atoms with van der Waals surface area (Å²) in [6.07, 6.45) is 0. The van der Waals surface area contributed by atoms with Gasteiger partial charge in [-0.15, -0.1) is 0 Å². The molecule has 2 N–H and O–H groups in total. The Morgan fingerprint density at radius 1 is 1.25 bits per heavy atom. The summed E-state index contributed by atoms with van der Waals surface area (Å²) in [5.74, 6) is 0.292. The standard InChI is InChI=1S/C12H13FN2O/c13-8-1-2-9-10(3-8)11-6-14-4-7(11)5-15-12(9)16/h1-3,7,11,14H,4-6H2,(H,15,16)/t7-,11+/m1/s1. The summed E-state index contributed by atoms with van der Waals surface area (Å²) in [5.41, 5.74) is 1.47. The van der Waals surface area contributed by atoms with Gasteiger partial charge in [-0.1, -0.05) is 0 Å². The molecular formula is C12H13FN2O. The van der Waals surface area contributed by atoms with E-state index in [-0.39, 0.29) is 17.6 Å². The van der Waals surface area contributed by atoms with E-state index in [1.54, 1.807) is 6.07 Å². The fraction of sp³-hybridized carbons (Fsp3) is 0.417. The van der Waals surface area contributed by atoms with Crippen molar-refractivity contribution in [2.45, 2.75) is 5.92 Å². The number of hydrogen-bond donors (Lipinski definition) is 2. The van der Waals surface area contributed by atoms with Crippen molar-refractivity contribution in [3.8, 4) is 0 Å². The zero-order valence-electron chi connectivity index (χ0n) is 8.79. The quantitative estimate of drug-likeness (QED) is 0.681. The zero-order valence-corrected chi connectivity index (χ0v) is 8.79. The third kappa shape index (κ3) is 1.41. The van der Waals surface area contributed by atoms with Gasteiger partial charge < -0.3 is 10.6 Å². The lowest BCUT2D eigenvalue weighted by Gasteiger charge is -2.15. The summed E-state index contributed by atoms with van der Waals surface area (Å²) < 4.78 is 13.3.